The van der Waals surface area contributed by atoms with Crippen molar-refractivity contribution in [3.63, 3.8) is 0 Å². The van der Waals surface area contributed by atoms with E-state index >= 15 is 0 Å². The molecule has 142 valence electrons. The summed E-state index contributed by atoms with van der Waals surface area (Å²) in [5.74, 6) is -0.216. The minimum Gasteiger partial charge on any atom is -0.426 e. The van der Waals surface area contributed by atoms with Crippen LogP contribution in [0.15, 0.2) is 69.9 Å². The van der Waals surface area contributed by atoms with Crippen LogP contribution in [0.3, 0.4) is 0 Å². The largest absolute Gasteiger partial charge is 0.426 e. The maximum atomic E-state index is 12.4. The Morgan fingerprint density at radius 2 is 1.68 bits per heavy atom. The van der Waals surface area contributed by atoms with Crippen LogP contribution in [-0.2, 0) is 9.59 Å². The summed E-state index contributed by atoms with van der Waals surface area (Å²) in [7, 11) is 0. The van der Waals surface area contributed by atoms with Gasteiger partial charge in [0.25, 0.3) is 0 Å². The number of hydrogen-bond donors (Lipinski definition) is 0. The molecule has 3 aromatic rings. The molecule has 0 aliphatic heterocycles. The molecule has 6 heteroatoms. The summed E-state index contributed by atoms with van der Waals surface area (Å²) in [6, 6.07) is 13.1. The average Bonchev–Trinajstić information content (AvgIpc) is 2.68. The lowest BCUT2D eigenvalue weighted by atomic mass is 10.1. The van der Waals surface area contributed by atoms with E-state index in [9.17, 15) is 14.4 Å². The molecule has 0 unspecified atom stereocenters. The fraction of sp³-hybridized carbons (Fsp3) is 0.136. The van der Waals surface area contributed by atoms with Crippen LogP contribution in [0, 0.1) is 0 Å². The minimum absolute atomic E-state index is 0.249. The van der Waals surface area contributed by atoms with E-state index in [1.54, 1.807) is 56.3 Å². The molecule has 0 bridgehead atoms. The summed E-state index contributed by atoms with van der Waals surface area (Å²) in [5.41, 5.74) is 1.07. The zero-order valence-electron chi connectivity index (χ0n) is 15.5. The molecule has 0 amide bonds. The van der Waals surface area contributed by atoms with Crippen LogP contribution in [-0.4, -0.2) is 11.9 Å². The van der Waals surface area contributed by atoms with Gasteiger partial charge >= 0.3 is 17.6 Å². The van der Waals surface area contributed by atoms with Crippen LogP contribution in [0.1, 0.15) is 20.3 Å². The number of carbonyl (C=O) groups excluding carboxylic acids is 2. The van der Waals surface area contributed by atoms with Gasteiger partial charge in [0.1, 0.15) is 17.1 Å². The highest BCUT2D eigenvalue weighted by Crippen LogP contribution is 2.26. The van der Waals surface area contributed by atoms with Crippen LogP contribution >= 0.6 is 0 Å². The van der Waals surface area contributed by atoms with Crippen molar-refractivity contribution in [2.75, 3.05) is 0 Å². The van der Waals surface area contributed by atoms with Gasteiger partial charge in [0.15, 0.2) is 0 Å². The Bertz CT molecular complexity index is 1120. The lowest BCUT2D eigenvalue weighted by Crippen LogP contribution is -2.08. The van der Waals surface area contributed by atoms with Crippen LogP contribution in [0.5, 0.6) is 11.5 Å². The first kappa shape index (κ1) is 19.1. The highest BCUT2D eigenvalue weighted by atomic mass is 16.5. The molecule has 3 rings (SSSR count). The van der Waals surface area contributed by atoms with Crippen LogP contribution in [0.2, 0.25) is 0 Å². The summed E-state index contributed by atoms with van der Waals surface area (Å²) >= 11 is 0. The molecule has 28 heavy (non-hydrogen) atoms. The van der Waals surface area contributed by atoms with E-state index in [1.807, 2.05) is 0 Å². The molecule has 1 heterocycles. The Kier molecular flexibility index (Phi) is 5.40. The SMILES string of the molecule is C=C(C)C(=O)Oc1ccc(-c2cc3ccc(OC(=O)CC)cc3oc2=O)cc1. The van der Waals surface area contributed by atoms with E-state index in [4.69, 9.17) is 13.9 Å². The van der Waals surface area contributed by atoms with Crippen molar-refractivity contribution >= 4 is 22.9 Å². The Morgan fingerprint density at radius 3 is 2.32 bits per heavy atom. The van der Waals surface area contributed by atoms with Gasteiger partial charge in [-0.05, 0) is 42.8 Å². The van der Waals surface area contributed by atoms with Gasteiger partial charge in [-0.2, -0.15) is 0 Å². The van der Waals surface area contributed by atoms with Crippen molar-refractivity contribution in [1.82, 2.24) is 0 Å². The lowest BCUT2D eigenvalue weighted by Gasteiger charge is -2.07. The summed E-state index contributed by atoms with van der Waals surface area (Å²) in [4.78, 5) is 35.4. The Balaban J connectivity index is 1.91. The molecule has 0 saturated heterocycles. The Labute approximate surface area is 161 Å². The molecule has 0 saturated carbocycles. The number of esters is 2. The number of carbonyl (C=O) groups is 2. The highest BCUT2D eigenvalue weighted by molar-refractivity contribution is 5.89. The zero-order valence-corrected chi connectivity index (χ0v) is 15.5. The summed E-state index contributed by atoms with van der Waals surface area (Å²) in [6.45, 7) is 6.78. The topological polar surface area (TPSA) is 82.8 Å². The molecule has 0 aliphatic rings. The second kappa shape index (κ2) is 7.92. The van der Waals surface area contributed by atoms with Gasteiger partial charge in [-0.25, -0.2) is 9.59 Å². The van der Waals surface area contributed by atoms with E-state index in [0.717, 1.165) is 0 Å². The summed E-state index contributed by atoms with van der Waals surface area (Å²) in [5, 5.41) is 0.684. The van der Waals surface area contributed by atoms with Crippen LogP contribution < -0.4 is 15.1 Å². The average molecular weight is 378 g/mol. The fourth-order valence-electron chi connectivity index (χ4n) is 2.46. The highest BCUT2D eigenvalue weighted by Gasteiger charge is 2.11. The third kappa shape index (κ3) is 4.17. The molecule has 0 fully saturated rings. The first-order valence-electron chi connectivity index (χ1n) is 8.64. The smallest absolute Gasteiger partial charge is 0.344 e. The van der Waals surface area contributed by atoms with Crippen LogP contribution in [0.25, 0.3) is 22.1 Å². The first-order valence-corrected chi connectivity index (χ1v) is 8.64. The second-order valence-corrected chi connectivity index (χ2v) is 6.17. The predicted molar refractivity (Wildman–Crippen MR) is 104 cm³/mol. The van der Waals surface area contributed by atoms with Gasteiger partial charge in [-0.15, -0.1) is 0 Å². The van der Waals surface area contributed by atoms with Crippen molar-refractivity contribution in [3.8, 4) is 22.6 Å². The van der Waals surface area contributed by atoms with Crippen molar-refractivity contribution < 1.29 is 23.5 Å². The Morgan fingerprint density at radius 1 is 1.00 bits per heavy atom. The van der Waals surface area contributed by atoms with Crippen molar-refractivity contribution in [2.24, 2.45) is 0 Å². The number of hydrogen-bond acceptors (Lipinski definition) is 6. The van der Waals surface area contributed by atoms with Gasteiger partial charge < -0.3 is 13.9 Å². The maximum absolute atomic E-state index is 12.4. The van der Waals surface area contributed by atoms with Gasteiger partial charge in [0, 0.05) is 23.4 Å². The van der Waals surface area contributed by atoms with E-state index in [2.05, 4.69) is 6.58 Å². The van der Waals surface area contributed by atoms with Crippen molar-refractivity contribution in [2.45, 2.75) is 20.3 Å². The van der Waals surface area contributed by atoms with Crippen LogP contribution in [0.4, 0.5) is 0 Å². The lowest BCUT2D eigenvalue weighted by molar-refractivity contribution is -0.134. The van der Waals surface area contributed by atoms with Gasteiger partial charge in [-0.3, -0.25) is 4.79 Å². The molecule has 1 aromatic heterocycles. The van der Waals surface area contributed by atoms with Gasteiger partial charge in [0.2, 0.25) is 0 Å². The summed E-state index contributed by atoms with van der Waals surface area (Å²) in [6.07, 6.45) is 0.249. The van der Waals surface area contributed by atoms with E-state index in [-0.39, 0.29) is 12.4 Å². The maximum Gasteiger partial charge on any atom is 0.344 e. The standard InChI is InChI=1S/C22H18O6/c1-4-20(23)26-17-10-7-15-11-18(22(25)28-19(15)12-17)14-5-8-16(9-6-14)27-21(24)13(2)3/h5-12H,2,4H2,1,3H3. The normalized spacial score (nSPS) is 10.5. The van der Waals surface area contributed by atoms with Gasteiger partial charge in [-0.1, -0.05) is 25.6 Å². The van der Waals surface area contributed by atoms with E-state index in [0.29, 0.717) is 39.2 Å². The molecule has 0 spiro atoms. The minimum atomic E-state index is -0.529. The molecule has 0 aliphatic carbocycles. The molecular weight excluding hydrogens is 360 g/mol. The number of benzene rings is 2. The monoisotopic (exact) mass is 378 g/mol. The first-order chi connectivity index (χ1) is 13.4. The number of fused-ring (bicyclic) bond motifs is 1. The summed E-state index contributed by atoms with van der Waals surface area (Å²) < 4.78 is 15.7. The van der Waals surface area contributed by atoms with Crippen molar-refractivity contribution in [1.29, 1.82) is 0 Å². The molecule has 0 N–H and O–H groups in total. The molecule has 6 nitrogen and oxygen atoms in total. The number of ether oxygens (including phenoxy) is 2. The number of rotatable bonds is 5. The van der Waals surface area contributed by atoms with Crippen molar-refractivity contribution in [3.05, 3.63) is 71.1 Å². The molecule has 0 radical (unpaired) electrons. The molecular formula is C22H18O6. The molecule has 2 aromatic carbocycles. The van der Waals surface area contributed by atoms with E-state index in [1.165, 1.54) is 6.07 Å². The van der Waals surface area contributed by atoms with Gasteiger partial charge in [0.05, 0.1) is 5.56 Å². The Hall–Kier alpha value is -3.67. The zero-order chi connectivity index (χ0) is 20.3. The van der Waals surface area contributed by atoms with E-state index < -0.39 is 11.6 Å². The third-order valence-electron chi connectivity index (χ3n) is 3.95. The third-order valence-corrected chi connectivity index (χ3v) is 3.95. The fourth-order valence-corrected chi connectivity index (χ4v) is 2.46. The molecule has 0 atom stereocenters. The predicted octanol–water partition coefficient (Wildman–Crippen LogP) is 4.26. The quantitative estimate of drug-likeness (QED) is 0.286. The second-order valence-electron chi connectivity index (χ2n) is 6.17.